The number of anilines is 3. The van der Waals surface area contributed by atoms with Crippen molar-refractivity contribution >= 4 is 33.0 Å². The summed E-state index contributed by atoms with van der Waals surface area (Å²) in [5.41, 5.74) is 3.59. The van der Waals surface area contributed by atoms with Crippen LogP contribution in [0.5, 0.6) is 0 Å². The molecule has 0 unspecified atom stereocenters. The Kier molecular flexibility index (Phi) is 7.72. The van der Waals surface area contributed by atoms with Gasteiger partial charge >= 0.3 is 0 Å². The van der Waals surface area contributed by atoms with E-state index in [4.69, 9.17) is 4.74 Å². The molecule has 2 fully saturated rings. The lowest BCUT2D eigenvalue weighted by Gasteiger charge is -2.29. The Morgan fingerprint density at radius 3 is 2.03 bits per heavy atom. The Hall–Kier alpha value is -2.78. The second kappa shape index (κ2) is 10.9. The van der Waals surface area contributed by atoms with E-state index in [0.29, 0.717) is 5.69 Å². The summed E-state index contributed by atoms with van der Waals surface area (Å²) < 4.78 is 32.7. The summed E-state index contributed by atoms with van der Waals surface area (Å²) in [5, 5.41) is 2.69. The van der Waals surface area contributed by atoms with Crippen molar-refractivity contribution < 1.29 is 17.9 Å². The highest BCUT2D eigenvalue weighted by Crippen LogP contribution is 2.22. The minimum absolute atomic E-state index is 0.280. The van der Waals surface area contributed by atoms with Gasteiger partial charge in [-0.2, -0.15) is 0 Å². The zero-order valence-electron chi connectivity index (χ0n) is 18.8. The molecule has 9 heteroatoms. The van der Waals surface area contributed by atoms with Crippen LogP contribution in [-0.4, -0.2) is 59.5 Å². The van der Waals surface area contributed by atoms with E-state index in [0.717, 1.165) is 56.3 Å². The number of nitrogens with one attached hydrogen (secondary N) is 2. The third-order valence-corrected chi connectivity index (χ3v) is 7.17. The first-order chi connectivity index (χ1) is 16.0. The molecule has 0 radical (unpaired) electrons. The number of benzene rings is 2. The monoisotopic (exact) mass is 472 g/mol. The average Bonchev–Trinajstić information content (AvgIpc) is 2.84. The van der Waals surface area contributed by atoms with Gasteiger partial charge in [-0.1, -0.05) is 12.1 Å². The predicted octanol–water partition coefficient (Wildman–Crippen LogP) is 2.57. The van der Waals surface area contributed by atoms with Gasteiger partial charge in [-0.25, -0.2) is 8.42 Å². The molecule has 2 heterocycles. The fourth-order valence-corrected chi connectivity index (χ4v) is 5.19. The van der Waals surface area contributed by atoms with Crippen LogP contribution in [0.15, 0.2) is 48.5 Å². The molecular formula is C24H32N4O4S. The molecule has 33 heavy (non-hydrogen) atoms. The molecule has 178 valence electrons. The lowest BCUT2D eigenvalue weighted by Crippen LogP contribution is -2.36. The van der Waals surface area contributed by atoms with E-state index in [1.165, 1.54) is 19.3 Å². The largest absolute Gasteiger partial charge is 0.378 e. The van der Waals surface area contributed by atoms with E-state index >= 15 is 0 Å². The number of ether oxygens (including phenoxy) is 1. The smallest absolute Gasteiger partial charge is 0.241 e. The number of nitrogens with zero attached hydrogens (tertiary/aromatic N) is 2. The first kappa shape index (κ1) is 23.4. The molecular weight excluding hydrogens is 440 g/mol. The number of hydrogen-bond acceptors (Lipinski definition) is 6. The van der Waals surface area contributed by atoms with Crippen molar-refractivity contribution in [1.29, 1.82) is 0 Å². The highest BCUT2D eigenvalue weighted by Gasteiger charge is 2.17. The van der Waals surface area contributed by atoms with Gasteiger partial charge in [0.1, 0.15) is 5.75 Å². The number of piperidine rings is 1. The predicted molar refractivity (Wildman–Crippen MR) is 131 cm³/mol. The molecule has 2 aliphatic rings. The zero-order chi connectivity index (χ0) is 23.1. The van der Waals surface area contributed by atoms with Crippen LogP contribution < -0.4 is 19.8 Å². The fraction of sp³-hybridized carbons (Fsp3) is 0.458. The molecule has 8 nitrogen and oxygen atoms in total. The molecule has 2 aromatic rings. The summed E-state index contributed by atoms with van der Waals surface area (Å²) in [6.45, 7) is 5.51. The summed E-state index contributed by atoms with van der Waals surface area (Å²) in [5.74, 6) is -1.16. The number of carbonyl (C=O) groups excluding carboxylic acids is 1. The number of carbonyl (C=O) groups is 1. The topological polar surface area (TPSA) is 91.0 Å². The summed E-state index contributed by atoms with van der Waals surface area (Å²) >= 11 is 0. The minimum Gasteiger partial charge on any atom is -0.378 e. The molecule has 0 aliphatic carbocycles. The highest BCUT2D eigenvalue weighted by atomic mass is 32.2. The Morgan fingerprint density at radius 2 is 1.39 bits per heavy atom. The third kappa shape index (κ3) is 6.85. The maximum absolute atomic E-state index is 12.4. The standard InChI is InChI=1S/C24H32N4O4S/c29-24(25-18-20-4-8-22(9-5-20)28-14-16-32-17-15-28)19-33(30,31)26-21-6-10-23(11-7-21)27-12-2-1-3-13-27/h4-11,26H,1-3,12-19H2,(H,25,29). The first-order valence-corrected chi connectivity index (χ1v) is 13.2. The number of amides is 1. The molecule has 0 bridgehead atoms. The van der Waals surface area contributed by atoms with Crippen molar-refractivity contribution in [2.45, 2.75) is 25.8 Å². The van der Waals surface area contributed by atoms with Gasteiger partial charge in [0.2, 0.25) is 15.9 Å². The molecule has 0 atom stereocenters. The number of morpholine rings is 1. The van der Waals surface area contributed by atoms with Crippen molar-refractivity contribution in [2.24, 2.45) is 0 Å². The van der Waals surface area contributed by atoms with Crippen LogP contribution in [0.3, 0.4) is 0 Å². The van der Waals surface area contributed by atoms with E-state index in [-0.39, 0.29) is 6.54 Å². The zero-order valence-corrected chi connectivity index (χ0v) is 19.6. The molecule has 0 spiro atoms. The lowest BCUT2D eigenvalue weighted by molar-refractivity contribution is -0.118. The number of hydrogen-bond donors (Lipinski definition) is 2. The van der Waals surface area contributed by atoms with Gasteiger partial charge in [-0.05, 0) is 61.2 Å². The van der Waals surface area contributed by atoms with E-state index in [9.17, 15) is 13.2 Å². The second-order valence-electron chi connectivity index (χ2n) is 8.50. The van der Waals surface area contributed by atoms with Crippen LogP contribution in [0.25, 0.3) is 0 Å². The lowest BCUT2D eigenvalue weighted by atomic mass is 10.1. The van der Waals surface area contributed by atoms with Gasteiger partial charge in [0.05, 0.1) is 13.2 Å². The van der Waals surface area contributed by atoms with Crippen LogP contribution in [-0.2, 0) is 26.1 Å². The van der Waals surface area contributed by atoms with Crippen molar-refractivity contribution in [2.75, 3.05) is 59.7 Å². The van der Waals surface area contributed by atoms with Crippen LogP contribution >= 0.6 is 0 Å². The molecule has 2 aromatic carbocycles. The van der Waals surface area contributed by atoms with Crippen LogP contribution in [0, 0.1) is 0 Å². The number of sulfonamides is 1. The highest BCUT2D eigenvalue weighted by molar-refractivity contribution is 7.93. The molecule has 4 rings (SSSR count). The summed E-state index contributed by atoms with van der Waals surface area (Å²) in [4.78, 5) is 16.8. The van der Waals surface area contributed by atoms with Crippen molar-refractivity contribution in [3.05, 3.63) is 54.1 Å². The van der Waals surface area contributed by atoms with Gasteiger partial charge in [0, 0.05) is 49.8 Å². The summed E-state index contributed by atoms with van der Waals surface area (Å²) in [7, 11) is -3.79. The quantitative estimate of drug-likeness (QED) is 0.614. The summed E-state index contributed by atoms with van der Waals surface area (Å²) in [6.07, 6.45) is 3.62. The summed E-state index contributed by atoms with van der Waals surface area (Å²) in [6, 6.07) is 15.2. The maximum atomic E-state index is 12.4. The van der Waals surface area contributed by atoms with E-state index in [1.807, 2.05) is 36.4 Å². The van der Waals surface area contributed by atoms with Crippen molar-refractivity contribution in [3.63, 3.8) is 0 Å². The minimum atomic E-state index is -3.79. The Morgan fingerprint density at radius 1 is 0.818 bits per heavy atom. The molecule has 2 N–H and O–H groups in total. The van der Waals surface area contributed by atoms with Crippen molar-refractivity contribution in [1.82, 2.24) is 5.32 Å². The fourth-order valence-electron chi connectivity index (χ4n) is 4.18. The Labute approximate surface area is 196 Å². The van der Waals surface area contributed by atoms with Gasteiger partial charge in [0.25, 0.3) is 0 Å². The second-order valence-corrected chi connectivity index (χ2v) is 10.2. The van der Waals surface area contributed by atoms with E-state index in [1.54, 1.807) is 12.1 Å². The van der Waals surface area contributed by atoms with Crippen LogP contribution in [0.2, 0.25) is 0 Å². The van der Waals surface area contributed by atoms with Gasteiger partial charge < -0.3 is 19.9 Å². The maximum Gasteiger partial charge on any atom is 0.241 e. The van der Waals surface area contributed by atoms with E-state index < -0.39 is 21.7 Å². The van der Waals surface area contributed by atoms with Crippen LogP contribution in [0.4, 0.5) is 17.1 Å². The normalized spacial score (nSPS) is 17.0. The molecule has 2 aliphatic heterocycles. The molecule has 1 amide bonds. The van der Waals surface area contributed by atoms with Crippen molar-refractivity contribution in [3.8, 4) is 0 Å². The third-order valence-electron chi connectivity index (χ3n) is 5.99. The molecule has 0 saturated carbocycles. The van der Waals surface area contributed by atoms with Gasteiger partial charge in [-0.3, -0.25) is 9.52 Å². The van der Waals surface area contributed by atoms with Gasteiger partial charge in [0.15, 0.2) is 0 Å². The van der Waals surface area contributed by atoms with Gasteiger partial charge in [-0.15, -0.1) is 0 Å². The molecule has 2 saturated heterocycles. The Balaban J connectivity index is 1.24. The van der Waals surface area contributed by atoms with E-state index in [2.05, 4.69) is 19.8 Å². The first-order valence-electron chi connectivity index (χ1n) is 11.5. The van der Waals surface area contributed by atoms with Crippen LogP contribution in [0.1, 0.15) is 24.8 Å². The Bertz CT molecular complexity index is 1010. The number of rotatable bonds is 8. The SMILES string of the molecule is O=C(CS(=O)(=O)Nc1ccc(N2CCCCC2)cc1)NCc1ccc(N2CCOCC2)cc1. The molecule has 0 aromatic heterocycles. The average molecular weight is 473 g/mol.